The zero-order chi connectivity index (χ0) is 26.9. The lowest BCUT2D eigenvalue weighted by Gasteiger charge is -2.40. The van der Waals surface area contributed by atoms with Gasteiger partial charge in [0.2, 0.25) is 0 Å². The van der Waals surface area contributed by atoms with Gasteiger partial charge in [0.1, 0.15) is 5.69 Å². The number of alkyl halides is 6. The number of halogens is 6. The zero-order valence-electron chi connectivity index (χ0n) is 19.8. The van der Waals surface area contributed by atoms with Gasteiger partial charge in [0, 0.05) is 12.6 Å². The fourth-order valence-electron chi connectivity index (χ4n) is 4.65. The molecule has 1 aromatic carbocycles. The normalized spacial score (nSPS) is 19.1. The number of sulfone groups is 1. The van der Waals surface area contributed by atoms with E-state index in [2.05, 4.69) is 4.98 Å². The van der Waals surface area contributed by atoms with E-state index < -0.39 is 38.1 Å². The first-order valence-electron chi connectivity index (χ1n) is 11.5. The summed E-state index contributed by atoms with van der Waals surface area (Å²) in [5.74, 6) is 0.0428. The van der Waals surface area contributed by atoms with E-state index >= 15 is 0 Å². The van der Waals surface area contributed by atoms with E-state index in [4.69, 9.17) is 0 Å². The number of aromatic nitrogens is 1. The molecule has 2 aromatic rings. The van der Waals surface area contributed by atoms with Crippen LogP contribution in [0.2, 0.25) is 0 Å². The van der Waals surface area contributed by atoms with Gasteiger partial charge in [-0.15, -0.1) is 0 Å². The molecule has 0 amide bonds. The summed E-state index contributed by atoms with van der Waals surface area (Å²) in [5.41, 5.74) is -1.95. The van der Waals surface area contributed by atoms with Gasteiger partial charge < -0.3 is 0 Å². The molecule has 36 heavy (non-hydrogen) atoms. The van der Waals surface area contributed by atoms with Crippen LogP contribution in [-0.4, -0.2) is 23.9 Å². The van der Waals surface area contributed by atoms with Gasteiger partial charge in [0.15, 0.2) is 15.6 Å². The quantitative estimate of drug-likeness (QED) is 0.253. The van der Waals surface area contributed by atoms with Crippen molar-refractivity contribution in [1.82, 2.24) is 4.98 Å². The van der Waals surface area contributed by atoms with Crippen molar-refractivity contribution in [2.45, 2.75) is 74.4 Å². The molecular weight excluding hydrogens is 508 g/mol. The van der Waals surface area contributed by atoms with Crippen LogP contribution in [-0.2, 0) is 22.2 Å². The molecule has 1 heterocycles. The lowest BCUT2D eigenvalue weighted by molar-refractivity contribution is -0.138. The maximum atomic E-state index is 13.1. The van der Waals surface area contributed by atoms with Crippen molar-refractivity contribution in [3.63, 3.8) is 0 Å². The SMILES string of the molecule is CC(C)(CC1CC(CCCC(=O)c2ccc(C(F)(F)F)cn2)C1)S(=O)(=O)c1cccc(C(F)(F)F)c1. The van der Waals surface area contributed by atoms with E-state index in [0.29, 0.717) is 31.5 Å². The average Bonchev–Trinajstić information content (AvgIpc) is 2.76. The number of nitrogens with zero attached hydrogens (tertiary/aromatic N) is 1. The van der Waals surface area contributed by atoms with Crippen LogP contribution >= 0.6 is 0 Å². The van der Waals surface area contributed by atoms with Crippen LogP contribution in [0.1, 0.15) is 74.0 Å². The number of pyridine rings is 1. The van der Waals surface area contributed by atoms with E-state index in [1.54, 1.807) is 0 Å². The van der Waals surface area contributed by atoms with Crippen molar-refractivity contribution < 1.29 is 39.6 Å². The van der Waals surface area contributed by atoms with Crippen LogP contribution in [0.5, 0.6) is 0 Å². The van der Waals surface area contributed by atoms with Gasteiger partial charge in [-0.05, 0) is 88.1 Å². The Morgan fingerprint density at radius 3 is 2.14 bits per heavy atom. The predicted molar refractivity (Wildman–Crippen MR) is 121 cm³/mol. The van der Waals surface area contributed by atoms with Crippen molar-refractivity contribution in [2.75, 3.05) is 0 Å². The molecule has 0 radical (unpaired) electrons. The van der Waals surface area contributed by atoms with E-state index in [1.807, 2.05) is 0 Å². The molecule has 0 bridgehead atoms. The third kappa shape index (κ3) is 6.46. The Labute approximate surface area is 206 Å². The van der Waals surface area contributed by atoms with Crippen LogP contribution in [0.4, 0.5) is 26.3 Å². The molecule has 1 fully saturated rings. The molecule has 0 spiro atoms. The van der Waals surface area contributed by atoms with E-state index in [9.17, 15) is 39.6 Å². The van der Waals surface area contributed by atoms with Gasteiger partial charge >= 0.3 is 12.4 Å². The first kappa shape index (κ1) is 28.1. The number of rotatable bonds is 9. The van der Waals surface area contributed by atoms with E-state index in [1.165, 1.54) is 19.9 Å². The standard InChI is InChI=1S/C25H27F6NO3S/c1-23(2,36(34,35)20-7-4-6-18(13-20)24(26,27)28)14-17-11-16(12-17)5-3-8-22(33)21-10-9-19(15-32-21)25(29,30)31/h4,6-7,9-10,13,15-17H,3,5,8,11-12,14H2,1-2H3. The largest absolute Gasteiger partial charge is 0.417 e. The summed E-state index contributed by atoms with van der Waals surface area (Å²) in [4.78, 5) is 15.4. The summed E-state index contributed by atoms with van der Waals surface area (Å²) < 4.78 is 102. The molecule has 1 aliphatic rings. The van der Waals surface area contributed by atoms with E-state index in [-0.39, 0.29) is 34.6 Å². The summed E-state index contributed by atoms with van der Waals surface area (Å²) in [5, 5.41) is 0. The summed E-state index contributed by atoms with van der Waals surface area (Å²) in [6.07, 6.45) is -5.33. The number of ketones is 1. The topological polar surface area (TPSA) is 64.1 Å². The summed E-state index contributed by atoms with van der Waals surface area (Å²) in [6, 6.07) is 5.67. The third-order valence-electron chi connectivity index (χ3n) is 6.71. The van der Waals surface area contributed by atoms with Crippen LogP contribution < -0.4 is 0 Å². The number of benzene rings is 1. The Hall–Kier alpha value is -2.43. The fraction of sp³-hybridized carbons (Fsp3) is 0.520. The van der Waals surface area contributed by atoms with Crippen molar-refractivity contribution in [1.29, 1.82) is 0 Å². The Kier molecular flexibility index (Phi) is 7.93. The number of hydrogen-bond acceptors (Lipinski definition) is 4. The number of carbonyl (C=O) groups is 1. The summed E-state index contributed by atoms with van der Waals surface area (Å²) in [7, 11) is -4.00. The first-order chi connectivity index (χ1) is 16.5. The van der Waals surface area contributed by atoms with Gasteiger partial charge in [0.05, 0.1) is 20.8 Å². The highest BCUT2D eigenvalue weighted by molar-refractivity contribution is 7.92. The molecule has 11 heteroatoms. The molecule has 1 aromatic heterocycles. The first-order valence-corrected chi connectivity index (χ1v) is 13.0. The second-order valence-electron chi connectivity index (χ2n) is 9.94. The van der Waals surface area contributed by atoms with Crippen molar-refractivity contribution in [3.8, 4) is 0 Å². The summed E-state index contributed by atoms with van der Waals surface area (Å²) >= 11 is 0. The molecule has 0 atom stereocenters. The average molecular weight is 536 g/mol. The smallest absolute Gasteiger partial charge is 0.292 e. The fourth-order valence-corrected chi connectivity index (χ4v) is 6.28. The van der Waals surface area contributed by atoms with Crippen molar-refractivity contribution in [2.24, 2.45) is 11.8 Å². The summed E-state index contributed by atoms with van der Waals surface area (Å²) in [6.45, 7) is 3.04. The lowest BCUT2D eigenvalue weighted by atomic mass is 9.69. The van der Waals surface area contributed by atoms with Gasteiger partial charge in [0.25, 0.3) is 0 Å². The minimum absolute atomic E-state index is 0.0176. The minimum Gasteiger partial charge on any atom is -0.292 e. The Bertz CT molecular complexity index is 1180. The molecule has 1 aliphatic carbocycles. The maximum Gasteiger partial charge on any atom is 0.417 e. The number of carbonyl (C=O) groups excluding carboxylic acids is 1. The monoisotopic (exact) mass is 535 g/mol. The molecule has 198 valence electrons. The molecule has 3 rings (SSSR count). The van der Waals surface area contributed by atoms with Crippen molar-refractivity contribution in [3.05, 3.63) is 59.4 Å². The molecule has 4 nitrogen and oxygen atoms in total. The predicted octanol–water partition coefficient (Wildman–Crippen LogP) is 7.14. The Balaban J connectivity index is 1.48. The number of hydrogen-bond donors (Lipinski definition) is 0. The van der Waals surface area contributed by atoms with Crippen molar-refractivity contribution >= 4 is 15.6 Å². The molecule has 1 saturated carbocycles. The van der Waals surface area contributed by atoms with Crippen LogP contribution in [0, 0.1) is 11.8 Å². The second-order valence-corrected chi connectivity index (χ2v) is 12.5. The highest BCUT2D eigenvalue weighted by Crippen LogP contribution is 2.44. The molecule has 0 saturated heterocycles. The van der Waals surface area contributed by atoms with Gasteiger partial charge in [-0.25, -0.2) is 8.42 Å². The maximum absolute atomic E-state index is 13.1. The van der Waals surface area contributed by atoms with Gasteiger partial charge in [-0.1, -0.05) is 6.07 Å². The van der Waals surface area contributed by atoms with Crippen LogP contribution in [0.15, 0.2) is 47.5 Å². The molecule has 0 unspecified atom stereocenters. The highest BCUT2D eigenvalue weighted by Gasteiger charge is 2.42. The number of Topliss-reactive ketones (excluding diaryl/α,β-unsaturated/α-hetero) is 1. The molecular formula is C25H27F6NO3S. The van der Waals surface area contributed by atoms with Gasteiger partial charge in [-0.3, -0.25) is 9.78 Å². The van der Waals surface area contributed by atoms with Crippen LogP contribution in [0.25, 0.3) is 0 Å². The Morgan fingerprint density at radius 1 is 0.944 bits per heavy atom. The molecule has 0 N–H and O–H groups in total. The third-order valence-corrected chi connectivity index (χ3v) is 9.20. The minimum atomic E-state index is -4.64. The zero-order valence-corrected chi connectivity index (χ0v) is 20.6. The Morgan fingerprint density at radius 2 is 1.58 bits per heavy atom. The molecule has 0 aliphatic heterocycles. The van der Waals surface area contributed by atoms with Crippen LogP contribution in [0.3, 0.4) is 0 Å². The second kappa shape index (κ2) is 10.1. The lowest BCUT2D eigenvalue weighted by Crippen LogP contribution is -2.38. The van der Waals surface area contributed by atoms with E-state index in [0.717, 1.165) is 37.1 Å². The van der Waals surface area contributed by atoms with Gasteiger partial charge in [-0.2, -0.15) is 26.3 Å². The highest BCUT2D eigenvalue weighted by atomic mass is 32.2.